The number of epoxide rings is 1. The summed E-state index contributed by atoms with van der Waals surface area (Å²) in [5.41, 5.74) is -1.44. The van der Waals surface area contributed by atoms with Gasteiger partial charge in [0.1, 0.15) is 29.5 Å². The lowest BCUT2D eigenvalue weighted by molar-refractivity contribution is -0.169. The van der Waals surface area contributed by atoms with Gasteiger partial charge in [-0.3, -0.25) is 4.79 Å². The van der Waals surface area contributed by atoms with Gasteiger partial charge >= 0.3 is 17.9 Å². The highest BCUT2D eigenvalue weighted by molar-refractivity contribution is 5.92. The lowest BCUT2D eigenvalue weighted by atomic mass is 9.73. The van der Waals surface area contributed by atoms with Gasteiger partial charge in [-0.25, -0.2) is 9.59 Å². The van der Waals surface area contributed by atoms with Gasteiger partial charge in [0.05, 0.1) is 18.4 Å². The zero-order chi connectivity index (χ0) is 22.0. The quantitative estimate of drug-likeness (QED) is 0.241. The SMILES string of the molecule is C=C1C(=O)O[C@H]2[C@H]1[C@H](OC(=O)/C(C)=C\C)C[C@]1(CO1)[C@@H]1[C@H](OC(C)=O)C=C(C)[C@]21O. The zero-order valence-corrected chi connectivity index (χ0v) is 17.5. The molecule has 1 saturated carbocycles. The summed E-state index contributed by atoms with van der Waals surface area (Å²) in [6.07, 6.45) is 0.952. The van der Waals surface area contributed by atoms with E-state index in [0.29, 0.717) is 17.8 Å². The van der Waals surface area contributed by atoms with Crippen molar-refractivity contribution in [2.45, 2.75) is 63.6 Å². The lowest BCUT2D eigenvalue weighted by Gasteiger charge is -2.39. The predicted octanol–water partition coefficient (Wildman–Crippen LogP) is 1.37. The van der Waals surface area contributed by atoms with Crippen LogP contribution in [0, 0.1) is 11.8 Å². The standard InChI is InChI=1S/C22H26O8/c1-6-10(2)19(24)29-15-8-21(9-27-21)17-14(28-13(5)23)7-11(3)22(17,26)18-16(15)12(4)20(25)30-18/h6-7,14-18,26H,4,8-9H2,1-3,5H3/b10-6-/t14-,15-,16-,17+,18+,21+,22-/m1/s1. The van der Waals surface area contributed by atoms with Gasteiger partial charge in [-0.15, -0.1) is 0 Å². The first-order valence-electron chi connectivity index (χ1n) is 10.0. The van der Waals surface area contributed by atoms with E-state index in [1.54, 1.807) is 32.9 Å². The molecule has 4 rings (SSSR count). The fourth-order valence-electron chi connectivity index (χ4n) is 5.18. The van der Waals surface area contributed by atoms with Crippen molar-refractivity contribution in [2.24, 2.45) is 11.8 Å². The Kier molecular flexibility index (Phi) is 4.70. The first-order chi connectivity index (χ1) is 14.0. The molecule has 0 aromatic heterocycles. The molecule has 8 nitrogen and oxygen atoms in total. The maximum atomic E-state index is 12.5. The number of allylic oxidation sites excluding steroid dienone is 1. The molecule has 2 saturated heterocycles. The number of hydrogen-bond donors (Lipinski definition) is 1. The number of ether oxygens (including phenoxy) is 4. The lowest BCUT2D eigenvalue weighted by Crippen LogP contribution is -2.56. The van der Waals surface area contributed by atoms with E-state index < -0.39 is 59.3 Å². The van der Waals surface area contributed by atoms with Crippen LogP contribution in [0.2, 0.25) is 0 Å². The fourth-order valence-corrected chi connectivity index (χ4v) is 5.18. The highest BCUT2D eigenvalue weighted by Crippen LogP contribution is 2.60. The molecule has 1 N–H and O–H groups in total. The van der Waals surface area contributed by atoms with E-state index in [1.165, 1.54) is 6.92 Å². The van der Waals surface area contributed by atoms with E-state index in [2.05, 4.69) is 6.58 Å². The molecule has 1 spiro atoms. The first-order valence-corrected chi connectivity index (χ1v) is 10.0. The van der Waals surface area contributed by atoms with Crippen molar-refractivity contribution < 1.29 is 38.4 Å². The molecule has 2 heterocycles. The second-order valence-electron chi connectivity index (χ2n) is 8.58. The molecule has 0 aromatic carbocycles. The van der Waals surface area contributed by atoms with Gasteiger partial charge in [0.15, 0.2) is 0 Å². The smallest absolute Gasteiger partial charge is 0.334 e. The van der Waals surface area contributed by atoms with Crippen LogP contribution in [-0.2, 0) is 33.3 Å². The van der Waals surface area contributed by atoms with Crippen molar-refractivity contribution in [1.29, 1.82) is 0 Å². The first kappa shape index (κ1) is 20.8. The Balaban J connectivity index is 1.80. The molecule has 0 aromatic rings. The van der Waals surface area contributed by atoms with Gasteiger partial charge in [-0.2, -0.15) is 0 Å². The third-order valence-electron chi connectivity index (χ3n) is 6.85. The van der Waals surface area contributed by atoms with Crippen molar-refractivity contribution in [3.05, 3.63) is 35.5 Å². The van der Waals surface area contributed by atoms with Crippen LogP contribution >= 0.6 is 0 Å². The van der Waals surface area contributed by atoms with Crippen LogP contribution in [0.3, 0.4) is 0 Å². The van der Waals surface area contributed by atoms with E-state index in [0.717, 1.165) is 0 Å². The molecule has 0 unspecified atom stereocenters. The molecule has 0 amide bonds. The second kappa shape index (κ2) is 6.78. The molecular formula is C22H26O8. The monoisotopic (exact) mass is 418 g/mol. The number of fused-ring (bicyclic) bond motifs is 4. The fraction of sp³-hybridized carbons (Fsp3) is 0.591. The van der Waals surface area contributed by atoms with E-state index in [4.69, 9.17) is 18.9 Å². The molecular weight excluding hydrogens is 392 g/mol. The van der Waals surface area contributed by atoms with Gasteiger partial charge in [0.2, 0.25) is 0 Å². The molecule has 4 aliphatic rings. The average molecular weight is 418 g/mol. The van der Waals surface area contributed by atoms with Crippen LogP contribution < -0.4 is 0 Å². The van der Waals surface area contributed by atoms with Crippen LogP contribution in [0.1, 0.15) is 34.1 Å². The van der Waals surface area contributed by atoms with Gasteiger partial charge in [-0.1, -0.05) is 12.7 Å². The van der Waals surface area contributed by atoms with Gasteiger partial charge in [0.25, 0.3) is 0 Å². The number of esters is 3. The van der Waals surface area contributed by atoms with E-state index in [9.17, 15) is 19.5 Å². The maximum Gasteiger partial charge on any atom is 0.334 e. The average Bonchev–Trinajstić information content (AvgIpc) is 3.31. The summed E-state index contributed by atoms with van der Waals surface area (Å²) in [6.45, 7) is 10.5. The van der Waals surface area contributed by atoms with Crippen LogP contribution in [0.4, 0.5) is 0 Å². The summed E-state index contributed by atoms with van der Waals surface area (Å²) in [5.74, 6) is -3.11. The molecule has 0 radical (unpaired) electrons. The van der Waals surface area contributed by atoms with Crippen LogP contribution in [0.15, 0.2) is 35.5 Å². The van der Waals surface area contributed by atoms with E-state index in [1.807, 2.05) is 0 Å². The van der Waals surface area contributed by atoms with E-state index in [-0.39, 0.29) is 12.0 Å². The highest BCUT2D eigenvalue weighted by atomic mass is 16.6. The predicted molar refractivity (Wildman–Crippen MR) is 103 cm³/mol. The number of carbonyl (C=O) groups is 3. The minimum Gasteiger partial charge on any atom is -0.458 e. The molecule has 30 heavy (non-hydrogen) atoms. The Labute approximate surface area is 174 Å². The molecule has 2 aliphatic heterocycles. The molecule has 162 valence electrons. The Bertz CT molecular complexity index is 895. The third-order valence-corrected chi connectivity index (χ3v) is 6.85. The van der Waals surface area contributed by atoms with Crippen LogP contribution in [-0.4, -0.2) is 59.1 Å². The molecule has 0 bridgehead atoms. The largest absolute Gasteiger partial charge is 0.458 e. The highest BCUT2D eigenvalue weighted by Gasteiger charge is 2.74. The van der Waals surface area contributed by atoms with Crippen molar-refractivity contribution in [1.82, 2.24) is 0 Å². The van der Waals surface area contributed by atoms with Crippen LogP contribution in [0.25, 0.3) is 0 Å². The number of hydrogen-bond acceptors (Lipinski definition) is 8. The van der Waals surface area contributed by atoms with Crippen molar-refractivity contribution >= 4 is 17.9 Å². The normalized spacial score (nSPS) is 42.1. The Morgan fingerprint density at radius 2 is 2.00 bits per heavy atom. The van der Waals surface area contributed by atoms with Crippen molar-refractivity contribution in [3.63, 3.8) is 0 Å². The van der Waals surface area contributed by atoms with E-state index >= 15 is 0 Å². The maximum absolute atomic E-state index is 12.5. The number of rotatable bonds is 3. The molecule has 2 aliphatic carbocycles. The minimum atomic E-state index is -1.65. The summed E-state index contributed by atoms with van der Waals surface area (Å²) >= 11 is 0. The van der Waals surface area contributed by atoms with Crippen molar-refractivity contribution in [3.8, 4) is 0 Å². The Hall–Kier alpha value is -2.45. The summed E-state index contributed by atoms with van der Waals surface area (Å²) in [4.78, 5) is 36.7. The Morgan fingerprint density at radius 1 is 1.33 bits per heavy atom. The van der Waals surface area contributed by atoms with Gasteiger partial charge in [0, 0.05) is 24.5 Å². The number of carbonyl (C=O) groups excluding carboxylic acids is 3. The summed E-state index contributed by atoms with van der Waals surface area (Å²) in [5, 5.41) is 11.9. The van der Waals surface area contributed by atoms with Gasteiger partial charge in [-0.05, 0) is 32.4 Å². The second-order valence-corrected chi connectivity index (χ2v) is 8.58. The third kappa shape index (κ3) is 2.85. The zero-order valence-electron chi connectivity index (χ0n) is 17.5. The molecule has 3 fully saturated rings. The minimum absolute atomic E-state index is 0.143. The topological polar surface area (TPSA) is 112 Å². The van der Waals surface area contributed by atoms with Gasteiger partial charge < -0.3 is 24.1 Å². The summed E-state index contributed by atoms with van der Waals surface area (Å²) in [7, 11) is 0. The van der Waals surface area contributed by atoms with Crippen LogP contribution in [0.5, 0.6) is 0 Å². The summed E-state index contributed by atoms with van der Waals surface area (Å²) in [6, 6.07) is 0. The van der Waals surface area contributed by atoms with Crippen molar-refractivity contribution in [2.75, 3.05) is 6.61 Å². The number of aliphatic hydroxyl groups is 1. The molecule has 8 heteroatoms. The Morgan fingerprint density at radius 3 is 2.57 bits per heavy atom. The summed E-state index contributed by atoms with van der Waals surface area (Å²) < 4.78 is 22.7. The molecule has 7 atom stereocenters.